The topological polar surface area (TPSA) is 69.0 Å². The largest absolute Gasteiger partial charge is 0.494 e. The van der Waals surface area contributed by atoms with Crippen LogP contribution in [-0.2, 0) is 12.3 Å². The SMILES string of the molecule is CCOc1ccc(Nc2nnc(SCc3cccs3)n(CC)c2=O)cc1. The maximum Gasteiger partial charge on any atom is 0.297 e. The smallest absolute Gasteiger partial charge is 0.297 e. The zero-order valence-electron chi connectivity index (χ0n) is 14.6. The van der Waals surface area contributed by atoms with Crippen LogP contribution in [0, 0.1) is 0 Å². The predicted molar refractivity (Wildman–Crippen MR) is 107 cm³/mol. The number of ether oxygens (including phenoxy) is 1. The van der Waals surface area contributed by atoms with Gasteiger partial charge < -0.3 is 10.1 Å². The van der Waals surface area contributed by atoms with E-state index < -0.39 is 0 Å². The number of nitrogens with zero attached hydrogens (tertiary/aromatic N) is 3. The molecule has 0 saturated carbocycles. The summed E-state index contributed by atoms with van der Waals surface area (Å²) in [6.45, 7) is 5.02. The van der Waals surface area contributed by atoms with Gasteiger partial charge in [-0.15, -0.1) is 21.5 Å². The van der Waals surface area contributed by atoms with Crippen LogP contribution in [0.2, 0.25) is 0 Å². The first-order valence-corrected chi connectivity index (χ1v) is 10.2. The summed E-state index contributed by atoms with van der Waals surface area (Å²) in [6, 6.07) is 11.5. The Kier molecular flexibility index (Phi) is 6.30. The zero-order valence-corrected chi connectivity index (χ0v) is 16.3. The van der Waals surface area contributed by atoms with Gasteiger partial charge in [0.1, 0.15) is 5.75 Å². The first kappa shape index (κ1) is 18.5. The van der Waals surface area contributed by atoms with E-state index in [0.29, 0.717) is 18.3 Å². The molecule has 2 heterocycles. The molecule has 2 aromatic heterocycles. The Morgan fingerprint density at radius 2 is 2.00 bits per heavy atom. The number of anilines is 2. The normalized spacial score (nSPS) is 10.7. The molecular weight excluding hydrogens is 368 g/mol. The Bertz CT molecular complexity index is 893. The minimum Gasteiger partial charge on any atom is -0.494 e. The van der Waals surface area contributed by atoms with Gasteiger partial charge in [-0.25, -0.2) is 0 Å². The van der Waals surface area contributed by atoms with Crippen molar-refractivity contribution in [2.24, 2.45) is 0 Å². The first-order valence-electron chi connectivity index (χ1n) is 8.33. The first-order chi connectivity index (χ1) is 12.7. The highest BCUT2D eigenvalue weighted by molar-refractivity contribution is 7.98. The molecule has 0 amide bonds. The number of thiophene rings is 1. The molecular formula is C18H20N4O2S2. The highest BCUT2D eigenvalue weighted by Gasteiger charge is 2.12. The number of benzene rings is 1. The van der Waals surface area contributed by atoms with Crippen LogP contribution in [0.15, 0.2) is 51.7 Å². The molecule has 0 aliphatic heterocycles. The standard InChI is InChI=1S/C18H20N4O2S2/c1-3-22-17(23)16(19-13-7-9-14(10-8-13)24-4-2)20-21-18(22)26-12-15-6-5-11-25-15/h5-11H,3-4,12H2,1-2H3,(H,19,20). The van der Waals surface area contributed by atoms with Crippen LogP contribution in [0.4, 0.5) is 11.5 Å². The molecule has 1 aromatic carbocycles. The van der Waals surface area contributed by atoms with Gasteiger partial charge in [0.2, 0.25) is 5.82 Å². The van der Waals surface area contributed by atoms with Gasteiger partial charge in [-0.2, -0.15) is 0 Å². The highest BCUT2D eigenvalue weighted by Crippen LogP contribution is 2.23. The van der Waals surface area contributed by atoms with E-state index in [4.69, 9.17) is 4.74 Å². The van der Waals surface area contributed by atoms with E-state index in [1.54, 1.807) is 15.9 Å². The molecule has 6 nitrogen and oxygen atoms in total. The maximum absolute atomic E-state index is 12.7. The van der Waals surface area contributed by atoms with E-state index >= 15 is 0 Å². The van der Waals surface area contributed by atoms with Crippen LogP contribution in [0.3, 0.4) is 0 Å². The van der Waals surface area contributed by atoms with E-state index in [9.17, 15) is 4.79 Å². The summed E-state index contributed by atoms with van der Waals surface area (Å²) in [5, 5.41) is 14.1. The summed E-state index contributed by atoms with van der Waals surface area (Å²) in [6.07, 6.45) is 0. The average molecular weight is 389 g/mol. The molecule has 0 spiro atoms. The number of aromatic nitrogens is 3. The Morgan fingerprint density at radius 1 is 1.19 bits per heavy atom. The molecule has 3 aromatic rings. The van der Waals surface area contributed by atoms with Crippen molar-refractivity contribution in [1.29, 1.82) is 0 Å². The molecule has 136 valence electrons. The van der Waals surface area contributed by atoms with E-state index in [1.165, 1.54) is 16.6 Å². The van der Waals surface area contributed by atoms with Gasteiger partial charge in [-0.1, -0.05) is 17.8 Å². The average Bonchev–Trinajstić information content (AvgIpc) is 3.17. The fourth-order valence-corrected chi connectivity index (χ4v) is 4.11. The molecule has 8 heteroatoms. The van der Waals surface area contributed by atoms with Crippen LogP contribution >= 0.6 is 23.1 Å². The lowest BCUT2D eigenvalue weighted by Gasteiger charge is -2.11. The predicted octanol–water partition coefficient (Wildman–Crippen LogP) is 4.15. The molecule has 3 rings (SSSR count). The third kappa shape index (κ3) is 4.44. The minimum atomic E-state index is -0.176. The Labute approximate surface area is 160 Å². The van der Waals surface area contributed by atoms with Gasteiger partial charge in [0.25, 0.3) is 5.56 Å². The van der Waals surface area contributed by atoms with Gasteiger partial charge in [-0.3, -0.25) is 9.36 Å². The van der Waals surface area contributed by atoms with Crippen molar-refractivity contribution in [2.75, 3.05) is 11.9 Å². The number of nitrogens with one attached hydrogen (secondary N) is 1. The van der Waals surface area contributed by atoms with Crippen molar-refractivity contribution in [2.45, 2.75) is 31.3 Å². The van der Waals surface area contributed by atoms with Gasteiger partial charge in [-0.05, 0) is 49.6 Å². The van der Waals surface area contributed by atoms with E-state index in [-0.39, 0.29) is 11.4 Å². The molecule has 0 fully saturated rings. The second kappa shape index (κ2) is 8.86. The molecule has 0 saturated heterocycles. The molecule has 26 heavy (non-hydrogen) atoms. The molecule has 0 unspecified atom stereocenters. The van der Waals surface area contributed by atoms with Gasteiger partial charge in [0, 0.05) is 22.9 Å². The molecule has 0 aliphatic carbocycles. The monoisotopic (exact) mass is 388 g/mol. The number of hydrogen-bond donors (Lipinski definition) is 1. The molecule has 0 bridgehead atoms. The Balaban J connectivity index is 1.76. The fourth-order valence-electron chi connectivity index (χ4n) is 2.34. The maximum atomic E-state index is 12.7. The van der Waals surface area contributed by atoms with Gasteiger partial charge >= 0.3 is 0 Å². The van der Waals surface area contributed by atoms with Crippen LogP contribution in [0.25, 0.3) is 0 Å². The molecule has 1 N–H and O–H groups in total. The number of hydrogen-bond acceptors (Lipinski definition) is 7. The quantitative estimate of drug-likeness (QED) is 0.585. The third-order valence-corrected chi connectivity index (χ3v) is 5.66. The lowest BCUT2D eigenvalue weighted by atomic mass is 10.3. The van der Waals surface area contributed by atoms with Crippen molar-refractivity contribution in [3.8, 4) is 5.75 Å². The summed E-state index contributed by atoms with van der Waals surface area (Å²) in [5.41, 5.74) is 0.589. The van der Waals surface area contributed by atoms with Crippen LogP contribution in [0.5, 0.6) is 5.75 Å². The summed E-state index contributed by atoms with van der Waals surface area (Å²) in [7, 11) is 0. The lowest BCUT2D eigenvalue weighted by Crippen LogP contribution is -2.26. The molecule has 0 aliphatic rings. The zero-order chi connectivity index (χ0) is 18.4. The minimum absolute atomic E-state index is 0.176. The summed E-state index contributed by atoms with van der Waals surface area (Å²) in [5.74, 6) is 1.78. The second-order valence-corrected chi connectivity index (χ2v) is 7.31. The van der Waals surface area contributed by atoms with Gasteiger partial charge in [0.15, 0.2) is 5.16 Å². The van der Waals surface area contributed by atoms with Crippen molar-refractivity contribution >= 4 is 34.6 Å². The summed E-state index contributed by atoms with van der Waals surface area (Å²) < 4.78 is 7.06. The second-order valence-electron chi connectivity index (χ2n) is 5.33. The van der Waals surface area contributed by atoms with Crippen LogP contribution in [0.1, 0.15) is 18.7 Å². The van der Waals surface area contributed by atoms with Crippen LogP contribution < -0.4 is 15.6 Å². The van der Waals surface area contributed by atoms with Gasteiger partial charge in [0.05, 0.1) is 6.61 Å². The van der Waals surface area contributed by atoms with Crippen molar-refractivity contribution in [3.63, 3.8) is 0 Å². The van der Waals surface area contributed by atoms with Crippen LogP contribution in [-0.4, -0.2) is 21.4 Å². The Hall–Kier alpha value is -2.32. The van der Waals surface area contributed by atoms with Crippen molar-refractivity contribution in [3.05, 3.63) is 57.0 Å². The van der Waals surface area contributed by atoms with E-state index in [0.717, 1.165) is 17.2 Å². The van der Waals surface area contributed by atoms with Crippen molar-refractivity contribution < 1.29 is 4.74 Å². The fraction of sp³-hybridized carbons (Fsp3) is 0.278. The van der Waals surface area contributed by atoms with E-state index in [2.05, 4.69) is 21.6 Å². The Morgan fingerprint density at radius 3 is 2.65 bits per heavy atom. The van der Waals surface area contributed by atoms with E-state index in [1.807, 2.05) is 49.6 Å². The van der Waals surface area contributed by atoms with Crippen molar-refractivity contribution in [1.82, 2.24) is 14.8 Å². The third-order valence-electron chi connectivity index (χ3n) is 3.58. The highest BCUT2D eigenvalue weighted by atomic mass is 32.2. The summed E-state index contributed by atoms with van der Waals surface area (Å²) >= 11 is 3.21. The summed E-state index contributed by atoms with van der Waals surface area (Å²) in [4.78, 5) is 14.0. The number of thioether (sulfide) groups is 1. The number of rotatable bonds is 8. The molecule has 0 atom stereocenters. The lowest BCUT2D eigenvalue weighted by molar-refractivity contribution is 0.340. The molecule has 0 radical (unpaired) electrons.